The molecule has 0 spiro atoms. The van der Waals surface area contributed by atoms with Crippen molar-refractivity contribution in [2.45, 2.75) is 58.1 Å². The first-order valence-electron chi connectivity index (χ1n) is 4.97. The first kappa shape index (κ1) is 10.4. The first-order chi connectivity index (χ1) is 5.97. The zero-order valence-electron chi connectivity index (χ0n) is 8.72. The highest BCUT2D eigenvalue weighted by Crippen LogP contribution is 2.18. The summed E-state index contributed by atoms with van der Waals surface area (Å²) in [4.78, 5) is 11.3. The summed E-state index contributed by atoms with van der Waals surface area (Å²) in [6.07, 6.45) is 4.36. The van der Waals surface area contributed by atoms with Crippen LogP contribution in [0.15, 0.2) is 0 Å². The second-order valence-electron chi connectivity index (χ2n) is 4.63. The van der Waals surface area contributed by atoms with E-state index in [1.165, 1.54) is 12.8 Å². The molecule has 0 bridgehead atoms. The molecule has 1 aliphatic carbocycles. The molecule has 0 radical (unpaired) electrons. The molecule has 3 heteroatoms. The van der Waals surface area contributed by atoms with Gasteiger partial charge in [-0.1, -0.05) is 12.8 Å². The van der Waals surface area contributed by atoms with E-state index in [4.69, 9.17) is 4.74 Å². The molecule has 1 saturated carbocycles. The summed E-state index contributed by atoms with van der Waals surface area (Å²) in [5.74, 6) is 0. The number of amides is 1. The van der Waals surface area contributed by atoms with Gasteiger partial charge in [0.05, 0.1) is 0 Å². The van der Waals surface area contributed by atoms with Crippen molar-refractivity contribution in [3.05, 3.63) is 0 Å². The van der Waals surface area contributed by atoms with Crippen LogP contribution in [0, 0.1) is 0 Å². The Kier molecular flexibility index (Phi) is 3.17. The van der Waals surface area contributed by atoms with Crippen LogP contribution in [-0.4, -0.2) is 17.7 Å². The number of ether oxygens (including phenoxy) is 1. The van der Waals surface area contributed by atoms with Crippen LogP contribution in [0.5, 0.6) is 0 Å². The van der Waals surface area contributed by atoms with E-state index in [2.05, 4.69) is 5.32 Å². The van der Waals surface area contributed by atoms with Crippen molar-refractivity contribution >= 4 is 6.09 Å². The van der Waals surface area contributed by atoms with Gasteiger partial charge in [0, 0.05) is 7.47 Å². The molecule has 0 aliphatic heterocycles. The van der Waals surface area contributed by atoms with Crippen LogP contribution in [0.4, 0.5) is 4.79 Å². The number of hydrogen-bond acceptors (Lipinski definition) is 2. The molecule has 0 atom stereocenters. The average Bonchev–Trinajstić information content (AvgIpc) is 2.34. The molecule has 1 amide bonds. The molecular weight excluding hydrogens is 166 g/mol. The maximum atomic E-state index is 11.3. The van der Waals surface area contributed by atoms with E-state index in [1.807, 2.05) is 20.8 Å². The molecule has 1 fully saturated rings. The first-order valence-corrected chi connectivity index (χ1v) is 4.97. The number of carbonyl (C=O) groups is 1. The fourth-order valence-electron chi connectivity index (χ4n) is 1.54. The normalized spacial score (nSPS) is 18.7. The number of nitrogens with one attached hydrogen (secondary N) is 1. The molecule has 78 valence electrons. The number of hydrogen-bond donors (Lipinski definition) is 1. The maximum Gasteiger partial charge on any atom is 0.407 e. The Labute approximate surface area is 81.3 Å². The van der Waals surface area contributed by atoms with E-state index >= 15 is 0 Å². The van der Waals surface area contributed by atoms with Gasteiger partial charge in [0.15, 0.2) is 0 Å². The number of alkyl carbamates (subject to hydrolysis) is 1. The van der Waals surface area contributed by atoms with E-state index in [0.29, 0.717) is 6.04 Å². The van der Waals surface area contributed by atoms with Crippen molar-refractivity contribution in [1.29, 1.82) is 0 Å². The Morgan fingerprint density at radius 3 is 2.38 bits per heavy atom. The van der Waals surface area contributed by atoms with E-state index in [0.717, 1.165) is 12.8 Å². The van der Waals surface area contributed by atoms with Gasteiger partial charge in [-0.15, -0.1) is 0 Å². The predicted octanol–water partition coefficient (Wildman–Crippen LogP) is 2.70. The average molecular weight is 187 g/mol. The molecule has 1 N–H and O–H groups in total. The Hall–Kier alpha value is -0.730. The maximum absolute atomic E-state index is 11.3. The molecule has 0 aromatic heterocycles. The Morgan fingerprint density at radius 1 is 1.38 bits per heavy atom. The zero-order chi connectivity index (χ0) is 9.90. The molecular formula is C10H21NO2. The Morgan fingerprint density at radius 2 is 1.92 bits per heavy atom. The molecule has 0 unspecified atom stereocenters. The van der Waals surface area contributed by atoms with Gasteiger partial charge in [-0.3, -0.25) is 0 Å². The second-order valence-corrected chi connectivity index (χ2v) is 4.63. The molecule has 3 nitrogen and oxygen atoms in total. The van der Waals surface area contributed by atoms with Gasteiger partial charge in [0.25, 0.3) is 0 Å². The van der Waals surface area contributed by atoms with Crippen molar-refractivity contribution < 1.29 is 11.0 Å². The fourth-order valence-corrected chi connectivity index (χ4v) is 1.54. The summed E-state index contributed by atoms with van der Waals surface area (Å²) in [5, 5.41) is 2.87. The lowest BCUT2D eigenvalue weighted by atomic mass is 10.2. The third-order valence-corrected chi connectivity index (χ3v) is 2.08. The lowest BCUT2D eigenvalue weighted by Crippen LogP contribution is -2.37. The van der Waals surface area contributed by atoms with Crippen molar-refractivity contribution in [1.82, 2.24) is 5.32 Å². The van der Waals surface area contributed by atoms with Gasteiger partial charge >= 0.3 is 6.09 Å². The summed E-state index contributed by atoms with van der Waals surface area (Å²) < 4.78 is 5.15. The van der Waals surface area contributed by atoms with Gasteiger partial charge in [0.2, 0.25) is 0 Å². The highest BCUT2D eigenvalue weighted by molar-refractivity contribution is 5.68. The smallest absolute Gasteiger partial charge is 0.407 e. The lowest BCUT2D eigenvalue weighted by molar-refractivity contribution is 0.0505. The van der Waals surface area contributed by atoms with Crippen LogP contribution >= 0.6 is 0 Å². The molecule has 0 aromatic rings. The van der Waals surface area contributed by atoms with Gasteiger partial charge in [0.1, 0.15) is 5.60 Å². The van der Waals surface area contributed by atoms with Crippen molar-refractivity contribution in [3.63, 3.8) is 0 Å². The van der Waals surface area contributed by atoms with Crippen LogP contribution in [0.1, 0.15) is 47.9 Å². The summed E-state index contributed by atoms with van der Waals surface area (Å²) in [7, 11) is 0. The largest absolute Gasteiger partial charge is 0.444 e. The lowest BCUT2D eigenvalue weighted by Gasteiger charge is -2.21. The highest BCUT2D eigenvalue weighted by Gasteiger charge is 2.21. The van der Waals surface area contributed by atoms with E-state index in [9.17, 15) is 4.79 Å². The van der Waals surface area contributed by atoms with Crippen LogP contribution in [0.2, 0.25) is 0 Å². The fraction of sp³-hybridized carbons (Fsp3) is 0.900. The van der Waals surface area contributed by atoms with Gasteiger partial charge < -0.3 is 10.1 Å². The van der Waals surface area contributed by atoms with E-state index in [-0.39, 0.29) is 13.1 Å². The third-order valence-electron chi connectivity index (χ3n) is 2.08. The highest BCUT2D eigenvalue weighted by atomic mass is 16.6. The summed E-state index contributed by atoms with van der Waals surface area (Å²) in [5.41, 5.74) is -0.386. The minimum Gasteiger partial charge on any atom is -0.444 e. The molecule has 13 heavy (non-hydrogen) atoms. The molecule has 0 saturated heterocycles. The van der Waals surface area contributed by atoms with Crippen LogP contribution < -0.4 is 5.32 Å². The standard InChI is InChI=1S/C10H19NO2.H2/c1-10(2,3)13-9(12)11-8-6-4-5-7-8;/h8H,4-7H2,1-3H3,(H,11,12);1H. The predicted molar refractivity (Wildman–Crippen MR) is 53.7 cm³/mol. The molecule has 0 aromatic carbocycles. The Balaban J connectivity index is 0.00000169. The topological polar surface area (TPSA) is 38.3 Å². The van der Waals surface area contributed by atoms with Crippen LogP contribution in [-0.2, 0) is 4.74 Å². The Bertz CT molecular complexity index is 183. The third kappa shape index (κ3) is 4.15. The SMILES string of the molecule is CC(C)(C)OC(=O)NC1CCCC1.[HH]. The van der Waals surface area contributed by atoms with E-state index in [1.54, 1.807) is 0 Å². The van der Waals surface area contributed by atoms with E-state index < -0.39 is 0 Å². The van der Waals surface area contributed by atoms with Crippen LogP contribution in [0.3, 0.4) is 0 Å². The second kappa shape index (κ2) is 3.99. The van der Waals surface area contributed by atoms with Crippen molar-refractivity contribution in [2.75, 3.05) is 0 Å². The minimum absolute atomic E-state index is 0. The minimum atomic E-state index is -0.386. The van der Waals surface area contributed by atoms with Crippen LogP contribution in [0.25, 0.3) is 0 Å². The number of rotatable bonds is 1. The van der Waals surface area contributed by atoms with Gasteiger partial charge in [-0.2, -0.15) is 0 Å². The van der Waals surface area contributed by atoms with Gasteiger partial charge in [-0.05, 0) is 33.6 Å². The van der Waals surface area contributed by atoms with Gasteiger partial charge in [-0.25, -0.2) is 4.79 Å². The molecule has 1 aliphatic rings. The molecule has 0 heterocycles. The monoisotopic (exact) mass is 187 g/mol. The summed E-state index contributed by atoms with van der Waals surface area (Å²) >= 11 is 0. The quantitative estimate of drug-likeness (QED) is 0.685. The van der Waals surface area contributed by atoms with Crippen molar-refractivity contribution in [3.8, 4) is 0 Å². The summed E-state index contributed by atoms with van der Waals surface area (Å²) in [6, 6.07) is 0.342. The summed E-state index contributed by atoms with van der Waals surface area (Å²) in [6.45, 7) is 5.63. The van der Waals surface area contributed by atoms with Crippen molar-refractivity contribution in [2.24, 2.45) is 0 Å². The zero-order valence-corrected chi connectivity index (χ0v) is 8.72. The molecule has 1 rings (SSSR count). The number of carbonyl (C=O) groups excluding carboxylic acids is 1.